The van der Waals surface area contributed by atoms with Crippen molar-refractivity contribution in [1.82, 2.24) is 0 Å². The molecule has 6 rings (SSSR count). The summed E-state index contributed by atoms with van der Waals surface area (Å²) in [7, 11) is -8.88. The van der Waals surface area contributed by atoms with Gasteiger partial charge in [-0.25, -0.2) is 27.2 Å². The number of hydrogen-bond donors (Lipinski definition) is 0. The van der Waals surface area contributed by atoms with E-state index in [2.05, 4.69) is 0 Å². The predicted molar refractivity (Wildman–Crippen MR) is 234 cm³/mol. The molecule has 0 saturated heterocycles. The van der Waals surface area contributed by atoms with Gasteiger partial charge in [0.2, 0.25) is 0 Å². The van der Waals surface area contributed by atoms with Crippen LogP contribution in [-0.2, 0) is 28.2 Å². The van der Waals surface area contributed by atoms with Crippen molar-refractivity contribution in [2.75, 3.05) is 13.2 Å². The van der Waals surface area contributed by atoms with Gasteiger partial charge >= 0.3 is 11.9 Å². The summed E-state index contributed by atoms with van der Waals surface area (Å²) in [4.78, 5) is 26.5. The molecule has 8 nitrogen and oxygen atoms in total. The van der Waals surface area contributed by atoms with Gasteiger partial charge < -0.3 is 28.1 Å². The first-order valence-corrected chi connectivity index (χ1v) is 23.3. The zero-order chi connectivity index (χ0) is 44.9. The van der Waals surface area contributed by atoms with E-state index >= 15 is 9.13 Å². The Labute approximate surface area is 365 Å². The standard InChI is InChI=1S/C46H38Cl2F4O8P2/c1-5-57-45(53)27(3)59-43-37(47)23-25-39(61(55,33-15-7-29(49)8-16-33)34-17-9-30(50)10-18-34)41(43)42-40(26-24-38(48)44(42)60-28(4)46(54)58-6-2)62(56,35-19-11-31(51)12-20-35)36-21-13-32(52)14-22-36/h7-28H,5-6H2,1-4H3. The molecule has 0 saturated carbocycles. The molecule has 0 amide bonds. The maximum atomic E-state index is 16.5. The first kappa shape index (κ1) is 46.1. The quantitative estimate of drug-likeness (QED) is 0.0571. The Morgan fingerprint density at radius 2 is 0.742 bits per heavy atom. The minimum Gasteiger partial charge on any atom is -0.477 e. The zero-order valence-corrected chi connectivity index (χ0v) is 36.8. The van der Waals surface area contributed by atoms with Gasteiger partial charge in [-0.3, -0.25) is 0 Å². The molecule has 0 heterocycles. The fourth-order valence-corrected chi connectivity index (χ4v) is 12.8. The van der Waals surface area contributed by atoms with Gasteiger partial charge in [-0.15, -0.1) is 0 Å². The highest BCUT2D eigenvalue weighted by atomic mass is 35.5. The zero-order valence-electron chi connectivity index (χ0n) is 33.5. The van der Waals surface area contributed by atoms with E-state index in [0.29, 0.717) is 0 Å². The van der Waals surface area contributed by atoms with Gasteiger partial charge in [-0.2, -0.15) is 0 Å². The van der Waals surface area contributed by atoms with E-state index in [-0.39, 0.29) is 77.7 Å². The van der Waals surface area contributed by atoms with Crippen LogP contribution in [0.3, 0.4) is 0 Å². The van der Waals surface area contributed by atoms with Crippen molar-refractivity contribution in [3.8, 4) is 22.6 Å². The van der Waals surface area contributed by atoms with Crippen LogP contribution in [0.2, 0.25) is 10.0 Å². The second kappa shape index (κ2) is 19.3. The summed E-state index contributed by atoms with van der Waals surface area (Å²) in [5, 5.41) is -0.526. The SMILES string of the molecule is CCOC(=O)C(C)Oc1c(Cl)ccc(P(=O)(c2ccc(F)cc2)c2ccc(F)cc2)c1-c1c(P(=O)(c2ccc(F)cc2)c2ccc(F)cc2)ccc(Cl)c1OC(C)C(=O)OCC. The molecule has 0 aliphatic rings. The van der Waals surface area contributed by atoms with Gasteiger partial charge in [0, 0.05) is 43.0 Å². The fourth-order valence-electron chi connectivity index (χ4n) is 6.76. The summed E-state index contributed by atoms with van der Waals surface area (Å²) < 4.78 is 115. The minimum absolute atomic E-state index is 0.0296. The molecule has 0 aliphatic carbocycles. The topological polar surface area (TPSA) is 105 Å². The second-order valence-corrected chi connectivity index (χ2v) is 20.0. The van der Waals surface area contributed by atoms with Gasteiger partial charge in [0.15, 0.2) is 26.5 Å². The molecule has 0 radical (unpaired) electrons. The minimum atomic E-state index is -4.44. The number of carbonyl (C=O) groups is 2. The van der Waals surface area contributed by atoms with Crippen LogP contribution in [0, 0.1) is 23.3 Å². The Kier molecular flexibility index (Phi) is 14.4. The number of halogens is 6. The molecule has 2 unspecified atom stereocenters. The van der Waals surface area contributed by atoms with E-state index in [4.69, 9.17) is 42.1 Å². The first-order valence-electron chi connectivity index (χ1n) is 19.1. The van der Waals surface area contributed by atoms with Crippen molar-refractivity contribution in [2.24, 2.45) is 0 Å². The Morgan fingerprint density at radius 1 is 0.484 bits per heavy atom. The molecule has 0 N–H and O–H groups in total. The molecular weight excluding hydrogens is 889 g/mol. The molecule has 0 aromatic heterocycles. The number of esters is 2. The van der Waals surface area contributed by atoms with E-state index in [1.807, 2.05) is 0 Å². The number of hydrogen-bond acceptors (Lipinski definition) is 8. The lowest BCUT2D eigenvalue weighted by Crippen LogP contribution is -2.33. The fraction of sp³-hybridized carbons (Fsp3) is 0.174. The van der Waals surface area contributed by atoms with Gasteiger partial charge in [0.05, 0.1) is 23.3 Å². The van der Waals surface area contributed by atoms with Gasteiger partial charge in [0.25, 0.3) is 0 Å². The lowest BCUT2D eigenvalue weighted by Gasteiger charge is -2.30. The Hall–Kier alpha value is -5.38. The highest BCUT2D eigenvalue weighted by Gasteiger charge is 2.42. The predicted octanol–water partition coefficient (Wildman–Crippen LogP) is 9.16. The maximum absolute atomic E-state index is 16.5. The second-order valence-electron chi connectivity index (χ2n) is 13.7. The molecule has 16 heteroatoms. The third-order valence-corrected chi connectivity index (χ3v) is 16.5. The molecule has 6 aromatic carbocycles. The van der Waals surface area contributed by atoms with E-state index in [1.165, 1.54) is 86.6 Å². The number of rotatable bonds is 15. The molecule has 0 spiro atoms. The molecule has 0 bridgehead atoms. The van der Waals surface area contributed by atoms with Crippen molar-refractivity contribution in [3.63, 3.8) is 0 Å². The normalized spacial score (nSPS) is 12.6. The summed E-state index contributed by atoms with van der Waals surface area (Å²) in [6.07, 6.45) is -2.83. The van der Waals surface area contributed by atoms with Crippen LogP contribution >= 0.6 is 37.5 Å². The third kappa shape index (κ3) is 9.20. The van der Waals surface area contributed by atoms with Gasteiger partial charge in [-0.05, 0) is 149 Å². The largest absolute Gasteiger partial charge is 0.477 e. The summed E-state index contributed by atoms with van der Waals surface area (Å²) >= 11 is 14.0. The van der Waals surface area contributed by atoms with Crippen LogP contribution in [0.25, 0.3) is 11.1 Å². The van der Waals surface area contributed by atoms with Crippen LogP contribution in [0.1, 0.15) is 27.7 Å². The molecule has 0 fully saturated rings. The van der Waals surface area contributed by atoms with Crippen LogP contribution in [-0.4, -0.2) is 37.4 Å². The first-order chi connectivity index (χ1) is 29.5. The van der Waals surface area contributed by atoms with Crippen LogP contribution < -0.4 is 41.3 Å². The van der Waals surface area contributed by atoms with Crippen molar-refractivity contribution < 1.29 is 55.2 Å². The Bertz CT molecular complexity index is 2410. The molecule has 0 aliphatic heterocycles. The lowest BCUT2D eigenvalue weighted by molar-refractivity contribution is -0.151. The lowest BCUT2D eigenvalue weighted by atomic mass is 10.0. The molecular formula is C46H38Cl2F4O8P2. The van der Waals surface area contributed by atoms with Gasteiger partial charge in [-0.1, -0.05) is 23.2 Å². The highest BCUT2D eigenvalue weighted by Crippen LogP contribution is 2.55. The highest BCUT2D eigenvalue weighted by molar-refractivity contribution is 7.86. The van der Waals surface area contributed by atoms with Crippen molar-refractivity contribution in [1.29, 1.82) is 0 Å². The van der Waals surface area contributed by atoms with Crippen LogP contribution in [0.5, 0.6) is 11.5 Å². The number of ether oxygens (including phenoxy) is 4. The van der Waals surface area contributed by atoms with E-state index in [1.54, 1.807) is 13.8 Å². The number of benzene rings is 6. The van der Waals surface area contributed by atoms with Gasteiger partial charge in [0.1, 0.15) is 34.8 Å². The molecule has 2 atom stereocenters. The van der Waals surface area contributed by atoms with Crippen molar-refractivity contribution in [2.45, 2.75) is 39.9 Å². The number of carbonyl (C=O) groups excluding carboxylic acids is 2. The average molecular weight is 928 g/mol. The Balaban J connectivity index is 1.88. The summed E-state index contributed by atoms with van der Waals surface area (Å²) in [5.41, 5.74) is -0.475. The smallest absolute Gasteiger partial charge is 0.347 e. The summed E-state index contributed by atoms with van der Waals surface area (Å²) in [5.74, 6) is -4.99. The van der Waals surface area contributed by atoms with E-state index in [0.717, 1.165) is 48.5 Å². The monoisotopic (exact) mass is 926 g/mol. The Morgan fingerprint density at radius 3 is 0.984 bits per heavy atom. The molecule has 6 aromatic rings. The van der Waals surface area contributed by atoms with Crippen molar-refractivity contribution in [3.05, 3.63) is 155 Å². The van der Waals surface area contributed by atoms with E-state index < -0.39 is 61.7 Å². The van der Waals surface area contributed by atoms with E-state index in [9.17, 15) is 27.2 Å². The van der Waals surface area contributed by atoms with Crippen molar-refractivity contribution >= 4 is 81.3 Å². The molecule has 322 valence electrons. The summed E-state index contributed by atoms with van der Waals surface area (Å²) in [6, 6.07) is 24.3. The van der Waals surface area contributed by atoms with Crippen LogP contribution in [0.4, 0.5) is 17.6 Å². The molecule has 62 heavy (non-hydrogen) atoms. The third-order valence-electron chi connectivity index (χ3n) is 9.69. The van der Waals surface area contributed by atoms with Crippen LogP contribution in [0.15, 0.2) is 121 Å². The maximum Gasteiger partial charge on any atom is 0.347 e. The summed E-state index contributed by atoms with van der Waals surface area (Å²) in [6.45, 7) is 5.84. The average Bonchev–Trinajstić information content (AvgIpc) is 3.25.